The molecule has 41 heavy (non-hydrogen) atoms. The van der Waals surface area contributed by atoms with Crippen LogP contribution in [0.1, 0.15) is 62.2 Å². The van der Waals surface area contributed by atoms with E-state index in [2.05, 4.69) is 0 Å². The molecule has 0 radical (unpaired) electrons. The van der Waals surface area contributed by atoms with Crippen LogP contribution >= 0.6 is 11.6 Å². The minimum absolute atomic E-state index is 0.0231. The second-order valence-corrected chi connectivity index (χ2v) is 13.0. The van der Waals surface area contributed by atoms with E-state index in [0.29, 0.717) is 17.0 Å². The summed E-state index contributed by atoms with van der Waals surface area (Å²) in [4.78, 5) is 26.6. The van der Waals surface area contributed by atoms with Gasteiger partial charge in [0.15, 0.2) is 0 Å². The Morgan fingerprint density at radius 2 is 1.56 bits per heavy atom. The van der Waals surface area contributed by atoms with Gasteiger partial charge in [-0.3, -0.25) is 0 Å². The molecular weight excluding hydrogens is 566 g/mol. The van der Waals surface area contributed by atoms with Crippen LogP contribution in [0, 0.1) is 0 Å². The Morgan fingerprint density at radius 3 is 2.10 bits per heavy atom. The zero-order valence-corrected chi connectivity index (χ0v) is 25.4. The number of hydrogen-bond acceptors (Lipinski definition) is 7. The predicted octanol–water partition coefficient (Wildman–Crippen LogP) is 6.25. The summed E-state index contributed by atoms with van der Waals surface area (Å²) in [5, 5.41) is 11.4. The van der Waals surface area contributed by atoms with Crippen LogP contribution in [0.3, 0.4) is 0 Å². The molecule has 0 aliphatic heterocycles. The van der Waals surface area contributed by atoms with E-state index in [1.807, 2.05) is 6.92 Å². The lowest BCUT2D eigenvalue weighted by molar-refractivity contribution is 0.00546. The van der Waals surface area contributed by atoms with Crippen molar-refractivity contribution in [2.45, 2.75) is 68.6 Å². The van der Waals surface area contributed by atoms with Gasteiger partial charge in [-0.25, -0.2) is 18.0 Å². The highest BCUT2D eigenvalue weighted by atomic mass is 35.5. The number of carbonyl (C=O) groups is 2. The summed E-state index contributed by atoms with van der Waals surface area (Å²) in [6.07, 6.45) is -1.18. The molecule has 0 saturated carbocycles. The molecule has 0 saturated heterocycles. The first kappa shape index (κ1) is 32.1. The third kappa shape index (κ3) is 8.79. The highest BCUT2D eigenvalue weighted by Gasteiger charge is 2.29. The third-order valence-electron chi connectivity index (χ3n) is 6.20. The lowest BCUT2D eigenvalue weighted by atomic mass is 10.0. The molecule has 2 unspecified atom stereocenters. The molecule has 0 spiro atoms. The zero-order valence-electron chi connectivity index (χ0n) is 23.8. The quantitative estimate of drug-likeness (QED) is 0.273. The van der Waals surface area contributed by atoms with Crippen LogP contribution in [-0.2, 0) is 25.7 Å². The van der Waals surface area contributed by atoms with Gasteiger partial charge in [0, 0.05) is 11.1 Å². The van der Waals surface area contributed by atoms with Crippen LogP contribution in [0.4, 0.5) is 4.79 Å². The number of amides is 1. The van der Waals surface area contributed by atoms with Gasteiger partial charge >= 0.3 is 12.1 Å². The summed E-state index contributed by atoms with van der Waals surface area (Å²) in [5.74, 6) is -0.518. The summed E-state index contributed by atoms with van der Waals surface area (Å²) >= 11 is 6.08. The van der Waals surface area contributed by atoms with Crippen molar-refractivity contribution in [1.29, 1.82) is 0 Å². The fourth-order valence-electron chi connectivity index (χ4n) is 4.14. The van der Waals surface area contributed by atoms with Crippen LogP contribution < -0.4 is 0 Å². The van der Waals surface area contributed by atoms with E-state index in [0.717, 1.165) is 5.56 Å². The predicted molar refractivity (Wildman–Crippen MR) is 157 cm³/mol. The number of hydrogen-bond donors (Lipinski definition) is 1. The van der Waals surface area contributed by atoms with Crippen LogP contribution in [0.2, 0.25) is 5.02 Å². The Bertz CT molecular complexity index is 1450. The molecule has 3 aromatic rings. The molecular formula is C31H36ClNO7S. The molecule has 2 atom stereocenters. The van der Waals surface area contributed by atoms with Crippen molar-refractivity contribution in [2.75, 3.05) is 13.2 Å². The van der Waals surface area contributed by atoms with Crippen molar-refractivity contribution in [3.63, 3.8) is 0 Å². The van der Waals surface area contributed by atoms with Crippen molar-refractivity contribution in [2.24, 2.45) is 0 Å². The molecule has 10 heteroatoms. The zero-order chi connectivity index (χ0) is 30.4. The average molecular weight is 602 g/mol. The van der Waals surface area contributed by atoms with Crippen LogP contribution in [0.5, 0.6) is 0 Å². The molecule has 0 heterocycles. The fourth-order valence-corrected chi connectivity index (χ4v) is 5.60. The van der Waals surface area contributed by atoms with Gasteiger partial charge in [-0.2, -0.15) is 0 Å². The van der Waals surface area contributed by atoms with E-state index in [1.54, 1.807) is 64.1 Å². The Morgan fingerprint density at radius 1 is 0.976 bits per heavy atom. The summed E-state index contributed by atoms with van der Waals surface area (Å²) in [6, 6.07) is 18.4. The van der Waals surface area contributed by atoms with Gasteiger partial charge in [0.1, 0.15) is 5.60 Å². The summed E-state index contributed by atoms with van der Waals surface area (Å²) < 4.78 is 36.9. The number of aliphatic hydroxyl groups is 1. The molecule has 220 valence electrons. The number of benzene rings is 3. The summed E-state index contributed by atoms with van der Waals surface area (Å²) in [6.45, 7) is 9.04. The minimum Gasteiger partial charge on any atom is -0.462 e. The number of rotatable bonds is 10. The van der Waals surface area contributed by atoms with Crippen LogP contribution in [0.15, 0.2) is 82.6 Å². The lowest BCUT2D eigenvalue weighted by Crippen LogP contribution is -2.45. The maximum absolute atomic E-state index is 13.2. The molecule has 0 aliphatic rings. The maximum atomic E-state index is 13.2. The minimum atomic E-state index is -3.82. The molecule has 3 aromatic carbocycles. The molecule has 3 rings (SSSR count). The Labute approximate surface area is 246 Å². The number of ether oxygens (including phenoxy) is 2. The van der Waals surface area contributed by atoms with Crippen molar-refractivity contribution in [3.05, 3.63) is 94.5 Å². The molecule has 0 aliphatic carbocycles. The Kier molecular flexibility index (Phi) is 10.6. The second-order valence-electron chi connectivity index (χ2n) is 10.6. The van der Waals surface area contributed by atoms with Crippen LogP contribution in [-0.4, -0.2) is 55.3 Å². The number of carbonyl (C=O) groups excluding carboxylic acids is 2. The van der Waals surface area contributed by atoms with E-state index in [1.165, 1.54) is 41.3 Å². The summed E-state index contributed by atoms with van der Waals surface area (Å²) in [7, 11) is -3.82. The highest BCUT2D eigenvalue weighted by Crippen LogP contribution is 2.25. The van der Waals surface area contributed by atoms with Gasteiger partial charge in [0.25, 0.3) is 0 Å². The molecule has 0 bridgehead atoms. The smallest absolute Gasteiger partial charge is 0.410 e. The van der Waals surface area contributed by atoms with E-state index >= 15 is 0 Å². The average Bonchev–Trinajstić information content (AvgIpc) is 2.91. The molecule has 1 N–H and O–H groups in total. The molecule has 1 amide bonds. The van der Waals surface area contributed by atoms with E-state index in [4.69, 9.17) is 21.1 Å². The van der Waals surface area contributed by atoms with Gasteiger partial charge in [0.05, 0.1) is 34.6 Å². The lowest BCUT2D eigenvalue weighted by Gasteiger charge is -2.33. The number of halogens is 1. The van der Waals surface area contributed by atoms with Gasteiger partial charge in [-0.15, -0.1) is 0 Å². The third-order valence-corrected chi connectivity index (χ3v) is 8.22. The number of nitrogens with zero attached hydrogens (tertiary/aromatic N) is 1. The molecule has 8 nitrogen and oxygen atoms in total. The molecule has 0 aromatic heterocycles. The monoisotopic (exact) mass is 601 g/mol. The van der Waals surface area contributed by atoms with Gasteiger partial charge in [-0.05, 0) is 101 Å². The van der Waals surface area contributed by atoms with Crippen molar-refractivity contribution < 1.29 is 32.6 Å². The maximum Gasteiger partial charge on any atom is 0.410 e. The van der Waals surface area contributed by atoms with Crippen LogP contribution in [0.25, 0.3) is 0 Å². The largest absolute Gasteiger partial charge is 0.462 e. The van der Waals surface area contributed by atoms with E-state index in [9.17, 15) is 23.1 Å². The number of esters is 1. The second kappa shape index (κ2) is 13.5. The topological polar surface area (TPSA) is 110 Å². The number of aliphatic hydroxyl groups excluding tert-OH is 1. The van der Waals surface area contributed by atoms with E-state index < -0.39 is 39.6 Å². The fraction of sp³-hybridized carbons (Fsp3) is 0.355. The van der Waals surface area contributed by atoms with Gasteiger partial charge in [0.2, 0.25) is 9.84 Å². The first-order valence-corrected chi connectivity index (χ1v) is 15.1. The number of sulfone groups is 1. The Balaban J connectivity index is 1.78. The SMILES string of the molecule is CCOC(=O)c1ccc(S(=O)(=O)c2ccc(CC(C)N(CC(O)c3cccc(Cl)c3)C(=O)OC(C)(C)C)cc2)cc1. The van der Waals surface area contributed by atoms with Crippen molar-refractivity contribution >= 4 is 33.5 Å². The molecule has 0 fully saturated rings. The van der Waals surface area contributed by atoms with Crippen molar-refractivity contribution in [1.82, 2.24) is 4.90 Å². The van der Waals surface area contributed by atoms with Gasteiger partial charge < -0.3 is 19.5 Å². The Hall–Kier alpha value is -3.40. The van der Waals surface area contributed by atoms with Crippen molar-refractivity contribution in [3.8, 4) is 0 Å². The standard InChI is InChI=1S/C31H36ClNO7S/c1-6-39-29(35)23-12-16-27(17-13-23)41(37,38)26-14-10-22(11-15-26)18-21(2)33(30(36)40-31(3,4)5)20-28(34)24-8-7-9-25(32)19-24/h7-17,19,21,28,34H,6,18,20H2,1-5H3. The van der Waals surface area contributed by atoms with Gasteiger partial charge in [-0.1, -0.05) is 35.9 Å². The van der Waals surface area contributed by atoms with E-state index in [-0.39, 0.29) is 28.5 Å². The summed E-state index contributed by atoms with van der Waals surface area (Å²) in [5.41, 5.74) is 0.897. The normalized spacial score (nSPS) is 13.2. The highest BCUT2D eigenvalue weighted by molar-refractivity contribution is 7.91. The first-order valence-electron chi connectivity index (χ1n) is 13.3. The first-order chi connectivity index (χ1) is 19.2.